The zero-order valence-electron chi connectivity index (χ0n) is 28.1. The molecule has 3 aromatic heterocycles. The number of nitrogens with zero attached hydrogens (tertiary/aromatic N) is 8. The van der Waals surface area contributed by atoms with Gasteiger partial charge in [-0.3, -0.25) is 19.2 Å². The van der Waals surface area contributed by atoms with Crippen LogP contribution in [-0.4, -0.2) is 122 Å². The number of alkyl halides is 2. The topological polar surface area (TPSA) is 139 Å². The molecule has 17 heteroatoms. The van der Waals surface area contributed by atoms with Gasteiger partial charge in [0.05, 0.1) is 19.0 Å². The summed E-state index contributed by atoms with van der Waals surface area (Å²) in [5.74, 6) is -0.325. The van der Waals surface area contributed by atoms with Crippen molar-refractivity contribution in [1.29, 1.82) is 0 Å². The monoisotopic (exact) mass is 723 g/mol. The van der Waals surface area contributed by atoms with Crippen molar-refractivity contribution in [3.63, 3.8) is 0 Å². The molecule has 0 bridgehead atoms. The van der Waals surface area contributed by atoms with Crippen molar-refractivity contribution in [2.75, 3.05) is 58.2 Å². The van der Waals surface area contributed by atoms with Crippen molar-refractivity contribution in [3.8, 4) is 17.0 Å². The Balaban J connectivity index is 1.07. The number of methoxy groups -OCH3 is 1. The molecule has 0 atom stereocenters. The van der Waals surface area contributed by atoms with Gasteiger partial charge in [-0.25, -0.2) is 14.3 Å². The van der Waals surface area contributed by atoms with Gasteiger partial charge in [0.25, 0.3) is 5.91 Å². The maximum absolute atomic E-state index is 13.6. The molecule has 1 saturated carbocycles. The number of hydrogen-bond acceptors (Lipinski definition) is 10. The van der Waals surface area contributed by atoms with E-state index in [4.69, 9.17) is 9.47 Å². The normalized spacial score (nSPS) is 17.3. The summed E-state index contributed by atoms with van der Waals surface area (Å²) < 4.78 is 39.8. The zero-order chi connectivity index (χ0) is 35.5. The van der Waals surface area contributed by atoms with Gasteiger partial charge in [-0.05, 0) is 55.9 Å². The summed E-state index contributed by atoms with van der Waals surface area (Å²) >= 11 is 1.65. The number of nitrogens with one attached hydrogen (secondary N) is 1. The van der Waals surface area contributed by atoms with Crippen molar-refractivity contribution >= 4 is 41.0 Å². The van der Waals surface area contributed by atoms with Crippen molar-refractivity contribution in [2.24, 2.45) is 5.92 Å². The molecule has 3 fully saturated rings. The number of fused-ring (bicyclic) bond motifs is 1. The molecule has 4 aromatic rings. The first-order valence-electron chi connectivity index (χ1n) is 17.0. The molecular weight excluding hydrogens is 684 g/mol. The van der Waals surface area contributed by atoms with Crippen LogP contribution in [0.3, 0.4) is 0 Å². The summed E-state index contributed by atoms with van der Waals surface area (Å²) in [5, 5.41) is 12.2. The number of thioether (sulfide) groups is 1. The molecule has 1 aromatic carbocycles. The van der Waals surface area contributed by atoms with Gasteiger partial charge in [0.1, 0.15) is 23.6 Å². The Morgan fingerprint density at radius 1 is 1.04 bits per heavy atom. The van der Waals surface area contributed by atoms with Crippen LogP contribution in [0.4, 0.5) is 19.3 Å². The molecule has 14 nitrogen and oxygen atoms in total. The third-order valence-electron chi connectivity index (χ3n) is 9.37. The number of halogens is 2. The third-order valence-corrected chi connectivity index (χ3v) is 10.7. The van der Waals surface area contributed by atoms with E-state index in [0.717, 1.165) is 50.2 Å². The van der Waals surface area contributed by atoms with Gasteiger partial charge >= 0.3 is 12.7 Å². The summed E-state index contributed by atoms with van der Waals surface area (Å²) in [5.41, 5.74) is 1.24. The van der Waals surface area contributed by atoms with Gasteiger partial charge in [-0.15, -0.1) is 11.8 Å². The number of hydrogen-bond donors (Lipinski definition) is 1. The number of benzene rings is 1. The number of carbonyl (C=O) groups excluding carboxylic acids is 3. The van der Waals surface area contributed by atoms with E-state index in [-0.39, 0.29) is 46.8 Å². The molecule has 3 amide bonds. The molecule has 0 spiro atoms. The molecule has 270 valence electrons. The van der Waals surface area contributed by atoms with Gasteiger partial charge in [0, 0.05) is 80.1 Å². The number of rotatable bonds is 11. The highest BCUT2D eigenvalue weighted by atomic mass is 32.2. The second-order valence-corrected chi connectivity index (χ2v) is 14.3. The lowest BCUT2D eigenvalue weighted by Gasteiger charge is -2.38. The smallest absolute Gasteiger partial charge is 0.409 e. The number of amides is 3. The van der Waals surface area contributed by atoms with Crippen LogP contribution >= 0.6 is 11.8 Å². The second-order valence-electron chi connectivity index (χ2n) is 12.9. The Hall–Kier alpha value is -4.77. The minimum Gasteiger partial charge on any atom is -0.453 e. The van der Waals surface area contributed by atoms with E-state index in [2.05, 4.69) is 25.4 Å². The highest BCUT2D eigenvalue weighted by Gasteiger charge is 2.29. The van der Waals surface area contributed by atoms with Crippen LogP contribution in [0.15, 0.2) is 53.9 Å². The fourth-order valence-corrected chi connectivity index (χ4v) is 7.61. The predicted octanol–water partition coefficient (Wildman–Crippen LogP) is 4.32. The molecule has 0 radical (unpaired) electrons. The summed E-state index contributed by atoms with van der Waals surface area (Å²) in [7, 11) is 1.39. The molecule has 1 N–H and O–H groups in total. The lowest BCUT2D eigenvalue weighted by molar-refractivity contribution is -0.133. The number of anilines is 1. The number of ether oxygens (including phenoxy) is 2. The summed E-state index contributed by atoms with van der Waals surface area (Å²) in [6.07, 6.45) is 9.71. The quantitative estimate of drug-likeness (QED) is 0.238. The van der Waals surface area contributed by atoms with E-state index < -0.39 is 12.5 Å². The van der Waals surface area contributed by atoms with Gasteiger partial charge in [-0.1, -0.05) is 0 Å². The molecule has 0 unspecified atom stereocenters. The van der Waals surface area contributed by atoms with Gasteiger partial charge < -0.3 is 24.6 Å². The standard InChI is InChI=1S/C34H39F2N9O5S/c1-49-34(48)43-15-13-41(14-16-43)19-22-7-11-42(12-8-22)29(46)21-44-20-27(39-32(47)26-18-38-45-10-2-9-37-31(26)45)30(40-44)25-17-24(51-23-3-4-23)5-6-28(25)50-33(35)36/h2,5-6,9-10,17-18,20,22-23,33H,3-4,7-8,11-16,19,21H2,1H3,(H,39,47). The molecule has 5 heterocycles. The zero-order valence-corrected chi connectivity index (χ0v) is 28.9. The highest BCUT2D eigenvalue weighted by Crippen LogP contribution is 2.43. The maximum atomic E-state index is 13.6. The van der Waals surface area contributed by atoms with Crippen LogP contribution in [0.2, 0.25) is 0 Å². The Labute approximate surface area is 297 Å². The number of piperidine rings is 1. The fraction of sp³-hybridized carbons (Fsp3) is 0.471. The van der Waals surface area contributed by atoms with E-state index in [0.29, 0.717) is 43.0 Å². The molecule has 51 heavy (non-hydrogen) atoms. The lowest BCUT2D eigenvalue weighted by atomic mass is 9.96. The number of likely N-dealkylation sites (tertiary alicyclic amines) is 1. The average Bonchev–Trinajstić information content (AvgIpc) is 3.70. The van der Waals surface area contributed by atoms with E-state index >= 15 is 0 Å². The van der Waals surface area contributed by atoms with Crippen molar-refractivity contribution in [1.82, 2.24) is 39.1 Å². The second kappa shape index (κ2) is 15.2. The Kier molecular flexibility index (Phi) is 10.4. The first-order valence-corrected chi connectivity index (χ1v) is 17.9. The molecular formula is C34H39F2N9O5S. The van der Waals surface area contributed by atoms with E-state index in [1.807, 2.05) is 4.90 Å². The number of aromatic nitrogens is 5. The Morgan fingerprint density at radius 3 is 2.55 bits per heavy atom. The van der Waals surface area contributed by atoms with Gasteiger partial charge in [0.2, 0.25) is 5.91 Å². The van der Waals surface area contributed by atoms with Crippen LogP contribution in [0.25, 0.3) is 16.9 Å². The average molecular weight is 724 g/mol. The minimum absolute atomic E-state index is 0.0938. The number of carbonyl (C=O) groups is 3. The molecule has 2 aliphatic heterocycles. The predicted molar refractivity (Wildman–Crippen MR) is 184 cm³/mol. The van der Waals surface area contributed by atoms with Crippen molar-refractivity contribution in [2.45, 2.75) is 49.0 Å². The summed E-state index contributed by atoms with van der Waals surface area (Å²) in [4.78, 5) is 50.0. The number of piperazine rings is 1. The largest absolute Gasteiger partial charge is 0.453 e. The lowest BCUT2D eigenvalue weighted by Crippen LogP contribution is -2.50. The molecule has 2 saturated heterocycles. The maximum Gasteiger partial charge on any atom is 0.409 e. The molecule has 3 aliphatic rings. The van der Waals surface area contributed by atoms with Crippen LogP contribution < -0.4 is 10.1 Å². The fourth-order valence-electron chi connectivity index (χ4n) is 6.53. The van der Waals surface area contributed by atoms with Crippen LogP contribution in [0.5, 0.6) is 5.75 Å². The molecule has 7 rings (SSSR count). The molecule has 1 aliphatic carbocycles. The van der Waals surface area contributed by atoms with E-state index in [9.17, 15) is 23.2 Å². The van der Waals surface area contributed by atoms with Crippen LogP contribution in [-0.2, 0) is 16.1 Å². The highest BCUT2D eigenvalue weighted by molar-refractivity contribution is 8.00. The van der Waals surface area contributed by atoms with Crippen molar-refractivity contribution < 1.29 is 32.6 Å². The Bertz CT molecular complexity index is 1880. The first kappa shape index (κ1) is 34.7. The van der Waals surface area contributed by atoms with E-state index in [1.165, 1.54) is 34.8 Å². The van der Waals surface area contributed by atoms with Gasteiger partial charge in [-0.2, -0.15) is 19.0 Å². The third kappa shape index (κ3) is 8.25. The SMILES string of the molecule is COC(=O)N1CCN(CC2CCN(C(=O)Cn3cc(NC(=O)c4cnn5cccnc45)c(-c4cc(SC5CC5)ccc4OC(F)F)n3)CC2)CC1. The van der Waals surface area contributed by atoms with E-state index in [1.54, 1.807) is 47.3 Å². The van der Waals surface area contributed by atoms with Gasteiger partial charge in [0.15, 0.2) is 5.65 Å². The summed E-state index contributed by atoms with van der Waals surface area (Å²) in [6, 6.07) is 6.65. The van der Waals surface area contributed by atoms with Crippen LogP contribution in [0, 0.1) is 5.92 Å². The van der Waals surface area contributed by atoms with Crippen molar-refractivity contribution in [3.05, 3.63) is 54.6 Å². The first-order chi connectivity index (χ1) is 24.7. The van der Waals surface area contributed by atoms with Crippen LogP contribution in [0.1, 0.15) is 36.0 Å². The minimum atomic E-state index is -3.08. The Morgan fingerprint density at radius 2 is 1.82 bits per heavy atom. The summed E-state index contributed by atoms with van der Waals surface area (Å²) in [6.45, 7) is 1.75.